The molecule has 0 fully saturated rings. The van der Waals surface area contributed by atoms with Gasteiger partial charge >= 0.3 is 0 Å². The summed E-state index contributed by atoms with van der Waals surface area (Å²) in [6.07, 6.45) is 0. The molecule has 1 heterocycles. The molecular formula is C10H10ClN3O. The molecule has 0 atom stereocenters. The number of rotatable bonds is 2. The molecule has 4 nitrogen and oxygen atoms in total. The molecule has 78 valence electrons. The number of aromatic nitrogens is 2. The van der Waals surface area contributed by atoms with E-state index in [0.717, 1.165) is 17.0 Å². The molecule has 15 heavy (non-hydrogen) atoms. The Bertz CT molecular complexity index is 481. The van der Waals surface area contributed by atoms with Crippen molar-refractivity contribution in [3.63, 3.8) is 0 Å². The van der Waals surface area contributed by atoms with Crippen LogP contribution in [0.15, 0.2) is 24.3 Å². The Hall–Kier alpha value is -1.68. The van der Waals surface area contributed by atoms with Gasteiger partial charge in [-0.3, -0.25) is 5.10 Å². The molecule has 2 rings (SSSR count). The van der Waals surface area contributed by atoms with Gasteiger partial charge in [0, 0.05) is 11.6 Å². The van der Waals surface area contributed by atoms with E-state index in [9.17, 15) is 0 Å². The van der Waals surface area contributed by atoms with Gasteiger partial charge in [0.2, 0.25) is 0 Å². The Labute approximate surface area is 92.0 Å². The summed E-state index contributed by atoms with van der Waals surface area (Å²) in [5, 5.41) is 7.27. The molecule has 1 aromatic carbocycles. The maximum absolute atomic E-state index is 6.05. The number of aromatic amines is 1. The first-order valence-electron chi connectivity index (χ1n) is 4.35. The lowest BCUT2D eigenvalue weighted by atomic mass is 10.1. The Morgan fingerprint density at radius 1 is 1.40 bits per heavy atom. The maximum atomic E-state index is 6.05. The summed E-state index contributed by atoms with van der Waals surface area (Å²) >= 11 is 6.05. The van der Waals surface area contributed by atoms with Crippen LogP contribution in [0.5, 0.6) is 5.75 Å². The lowest BCUT2D eigenvalue weighted by Crippen LogP contribution is -1.85. The summed E-state index contributed by atoms with van der Waals surface area (Å²) in [5.41, 5.74) is 7.11. The van der Waals surface area contributed by atoms with Crippen LogP contribution in [0.4, 0.5) is 5.82 Å². The van der Waals surface area contributed by atoms with E-state index in [1.165, 1.54) is 0 Å². The molecule has 0 saturated heterocycles. The van der Waals surface area contributed by atoms with Crippen molar-refractivity contribution in [2.45, 2.75) is 0 Å². The number of benzene rings is 1. The normalized spacial score (nSPS) is 10.3. The molecule has 0 unspecified atom stereocenters. The standard InChI is InChI=1S/C10H10ClN3O/c1-15-6-2-3-8(11)7(4-6)9-5-10(12)14-13-9/h2-5H,1H3,(H3,12,13,14). The first-order valence-corrected chi connectivity index (χ1v) is 4.73. The molecule has 0 bridgehead atoms. The smallest absolute Gasteiger partial charge is 0.145 e. The minimum Gasteiger partial charge on any atom is -0.497 e. The molecule has 0 radical (unpaired) electrons. The molecule has 0 spiro atoms. The van der Waals surface area contributed by atoms with E-state index in [0.29, 0.717) is 10.8 Å². The average molecular weight is 224 g/mol. The fraction of sp³-hybridized carbons (Fsp3) is 0.100. The zero-order valence-corrected chi connectivity index (χ0v) is 8.88. The van der Waals surface area contributed by atoms with Gasteiger partial charge in [-0.2, -0.15) is 5.10 Å². The third-order valence-corrected chi connectivity index (χ3v) is 2.39. The summed E-state index contributed by atoms with van der Waals surface area (Å²) in [6.45, 7) is 0. The first kappa shape index (κ1) is 9.86. The quantitative estimate of drug-likeness (QED) is 0.821. The monoisotopic (exact) mass is 223 g/mol. The predicted octanol–water partition coefficient (Wildman–Crippen LogP) is 2.32. The SMILES string of the molecule is COc1ccc(Cl)c(-c2cc(N)n[nH]2)c1. The second kappa shape index (κ2) is 3.82. The van der Waals surface area contributed by atoms with E-state index < -0.39 is 0 Å². The molecule has 0 amide bonds. The van der Waals surface area contributed by atoms with E-state index in [4.69, 9.17) is 22.1 Å². The highest BCUT2D eigenvalue weighted by atomic mass is 35.5. The van der Waals surface area contributed by atoms with Gasteiger partial charge in [-0.05, 0) is 18.2 Å². The van der Waals surface area contributed by atoms with Crippen molar-refractivity contribution in [2.24, 2.45) is 0 Å². The fourth-order valence-electron chi connectivity index (χ4n) is 1.31. The van der Waals surface area contributed by atoms with E-state index in [2.05, 4.69) is 10.2 Å². The summed E-state index contributed by atoms with van der Waals surface area (Å²) in [6, 6.07) is 7.12. The Morgan fingerprint density at radius 2 is 2.20 bits per heavy atom. The van der Waals surface area contributed by atoms with Crippen molar-refractivity contribution >= 4 is 17.4 Å². The van der Waals surface area contributed by atoms with E-state index in [1.54, 1.807) is 25.3 Å². The van der Waals surface area contributed by atoms with Crippen molar-refractivity contribution in [1.29, 1.82) is 0 Å². The van der Waals surface area contributed by atoms with Gasteiger partial charge in [0.25, 0.3) is 0 Å². The highest BCUT2D eigenvalue weighted by Crippen LogP contribution is 2.30. The van der Waals surface area contributed by atoms with Crippen LogP contribution in [-0.4, -0.2) is 17.3 Å². The summed E-state index contributed by atoms with van der Waals surface area (Å²) in [5.74, 6) is 1.17. The van der Waals surface area contributed by atoms with Crippen molar-refractivity contribution in [1.82, 2.24) is 10.2 Å². The zero-order chi connectivity index (χ0) is 10.8. The molecule has 5 heteroatoms. The maximum Gasteiger partial charge on any atom is 0.145 e. The van der Waals surface area contributed by atoms with Crippen LogP contribution >= 0.6 is 11.6 Å². The molecule has 2 aromatic rings. The highest BCUT2D eigenvalue weighted by Gasteiger charge is 2.07. The van der Waals surface area contributed by atoms with Crippen LogP contribution in [-0.2, 0) is 0 Å². The zero-order valence-electron chi connectivity index (χ0n) is 8.12. The van der Waals surface area contributed by atoms with Crippen LogP contribution < -0.4 is 10.5 Å². The molecule has 0 aliphatic heterocycles. The van der Waals surface area contributed by atoms with Gasteiger partial charge in [-0.15, -0.1) is 0 Å². The van der Waals surface area contributed by atoms with Gasteiger partial charge in [0.1, 0.15) is 11.6 Å². The van der Waals surface area contributed by atoms with Crippen molar-refractivity contribution in [3.05, 3.63) is 29.3 Å². The largest absolute Gasteiger partial charge is 0.497 e. The number of nitrogens with zero attached hydrogens (tertiary/aromatic N) is 1. The number of hydrogen-bond donors (Lipinski definition) is 2. The Kier molecular flexibility index (Phi) is 2.51. The van der Waals surface area contributed by atoms with Crippen LogP contribution in [0, 0.1) is 0 Å². The number of nitrogens with two attached hydrogens (primary N) is 1. The number of halogens is 1. The molecule has 0 saturated carbocycles. The summed E-state index contributed by atoms with van der Waals surface area (Å²) in [7, 11) is 1.61. The van der Waals surface area contributed by atoms with Crippen LogP contribution in [0.25, 0.3) is 11.3 Å². The molecule has 0 aliphatic carbocycles. The lowest BCUT2D eigenvalue weighted by Gasteiger charge is -2.04. The van der Waals surface area contributed by atoms with Gasteiger partial charge < -0.3 is 10.5 Å². The van der Waals surface area contributed by atoms with E-state index in [-0.39, 0.29) is 0 Å². The molecule has 1 aromatic heterocycles. The number of nitrogens with one attached hydrogen (secondary N) is 1. The Morgan fingerprint density at radius 3 is 2.80 bits per heavy atom. The second-order valence-corrected chi connectivity index (χ2v) is 3.46. The second-order valence-electron chi connectivity index (χ2n) is 3.05. The first-order chi connectivity index (χ1) is 7.20. The third-order valence-electron chi connectivity index (χ3n) is 2.06. The van der Waals surface area contributed by atoms with Crippen LogP contribution in [0.1, 0.15) is 0 Å². The predicted molar refractivity (Wildman–Crippen MR) is 60.0 cm³/mol. The van der Waals surface area contributed by atoms with Gasteiger partial charge in [-0.1, -0.05) is 11.6 Å². The van der Waals surface area contributed by atoms with Gasteiger partial charge in [0.15, 0.2) is 0 Å². The third kappa shape index (κ3) is 1.89. The van der Waals surface area contributed by atoms with Crippen LogP contribution in [0.2, 0.25) is 5.02 Å². The molecule has 0 aliphatic rings. The topological polar surface area (TPSA) is 63.9 Å². The summed E-state index contributed by atoms with van der Waals surface area (Å²) in [4.78, 5) is 0. The van der Waals surface area contributed by atoms with Crippen molar-refractivity contribution < 1.29 is 4.74 Å². The van der Waals surface area contributed by atoms with Crippen LogP contribution in [0.3, 0.4) is 0 Å². The molecular weight excluding hydrogens is 214 g/mol. The van der Waals surface area contributed by atoms with E-state index in [1.807, 2.05) is 6.07 Å². The number of nitrogen functional groups attached to an aromatic ring is 1. The Balaban J connectivity index is 2.51. The average Bonchev–Trinajstić information content (AvgIpc) is 2.65. The minimum absolute atomic E-state index is 0.434. The minimum atomic E-state index is 0.434. The fourth-order valence-corrected chi connectivity index (χ4v) is 1.53. The number of H-pyrrole nitrogens is 1. The number of anilines is 1. The van der Waals surface area contributed by atoms with Gasteiger partial charge in [0.05, 0.1) is 17.8 Å². The van der Waals surface area contributed by atoms with Crippen molar-refractivity contribution in [2.75, 3.05) is 12.8 Å². The van der Waals surface area contributed by atoms with E-state index >= 15 is 0 Å². The van der Waals surface area contributed by atoms with Crippen molar-refractivity contribution in [3.8, 4) is 17.0 Å². The molecule has 3 N–H and O–H groups in total. The van der Waals surface area contributed by atoms with Gasteiger partial charge in [-0.25, -0.2) is 0 Å². The number of methoxy groups -OCH3 is 1. The highest BCUT2D eigenvalue weighted by molar-refractivity contribution is 6.33. The summed E-state index contributed by atoms with van der Waals surface area (Å²) < 4.78 is 5.11. The number of hydrogen-bond acceptors (Lipinski definition) is 3. The number of ether oxygens (including phenoxy) is 1. The lowest BCUT2D eigenvalue weighted by molar-refractivity contribution is 0.415.